The van der Waals surface area contributed by atoms with E-state index in [9.17, 15) is 16.8 Å². The van der Waals surface area contributed by atoms with Crippen LogP contribution in [0.1, 0.15) is 18.5 Å². The minimum absolute atomic E-state index is 0.0358. The smallest absolute Gasteiger partial charge is 0.258 e. The van der Waals surface area contributed by atoms with Crippen LogP contribution in [0.5, 0.6) is 0 Å². The highest BCUT2D eigenvalue weighted by Gasteiger charge is 2.36. The lowest BCUT2D eigenvalue weighted by Crippen LogP contribution is -2.17. The lowest BCUT2D eigenvalue weighted by Gasteiger charge is -2.01. The van der Waals surface area contributed by atoms with Crippen LogP contribution >= 0.6 is 22.0 Å². The van der Waals surface area contributed by atoms with Crippen LogP contribution in [0.25, 0.3) is 0 Å². The number of thiazole rings is 1. The largest absolute Gasteiger partial charge is 0.272 e. The summed E-state index contributed by atoms with van der Waals surface area (Å²) in [6.07, 6.45) is 1.25. The maximum absolute atomic E-state index is 11.6. The zero-order valence-electron chi connectivity index (χ0n) is 8.67. The van der Waals surface area contributed by atoms with Gasteiger partial charge in [0.2, 0.25) is 10.0 Å². The summed E-state index contributed by atoms with van der Waals surface area (Å²) >= 11 is 0.717. The van der Waals surface area contributed by atoms with E-state index in [1.54, 1.807) is 0 Å². The van der Waals surface area contributed by atoms with Gasteiger partial charge in [0, 0.05) is 10.7 Å². The Kier molecular flexibility index (Phi) is 3.13. The molecule has 0 aromatic carbocycles. The Morgan fingerprint density at radius 3 is 2.35 bits per heavy atom. The Bertz CT molecular complexity index is 645. The predicted molar refractivity (Wildman–Crippen MR) is 65.5 cm³/mol. The van der Waals surface area contributed by atoms with E-state index in [-0.39, 0.29) is 20.3 Å². The molecule has 6 nitrogen and oxygen atoms in total. The summed E-state index contributed by atoms with van der Waals surface area (Å²) < 4.78 is 47.6. The molecule has 0 saturated heterocycles. The van der Waals surface area contributed by atoms with Crippen molar-refractivity contribution in [3.05, 3.63) is 5.69 Å². The summed E-state index contributed by atoms with van der Waals surface area (Å²) in [5.74, 6) is 0. The number of aryl methyl sites for hydroxylation is 1. The van der Waals surface area contributed by atoms with E-state index in [4.69, 9.17) is 10.7 Å². The molecule has 1 heterocycles. The van der Waals surface area contributed by atoms with Crippen molar-refractivity contribution in [1.29, 1.82) is 0 Å². The molecule has 96 valence electrons. The van der Waals surface area contributed by atoms with Crippen molar-refractivity contribution in [2.45, 2.75) is 29.2 Å². The summed E-state index contributed by atoms with van der Waals surface area (Å²) in [6.45, 7) is 1.46. The molecular formula is C7H9ClN2O4S3. The maximum Gasteiger partial charge on any atom is 0.272 e. The lowest BCUT2D eigenvalue weighted by molar-refractivity contribution is 0.599. The maximum atomic E-state index is 11.6. The van der Waals surface area contributed by atoms with Crippen LogP contribution in [0.4, 0.5) is 5.13 Å². The topological polar surface area (TPSA) is 93.2 Å². The number of sulfonamides is 1. The third-order valence-corrected chi connectivity index (χ3v) is 7.38. The second kappa shape index (κ2) is 4.08. The second-order valence-corrected chi connectivity index (χ2v) is 9.40. The van der Waals surface area contributed by atoms with Crippen LogP contribution in [0.15, 0.2) is 4.21 Å². The van der Waals surface area contributed by atoms with Gasteiger partial charge < -0.3 is 0 Å². The molecule has 0 spiro atoms. The molecular weight excluding hydrogens is 308 g/mol. The zero-order valence-corrected chi connectivity index (χ0v) is 11.9. The molecule has 1 saturated carbocycles. The van der Waals surface area contributed by atoms with Gasteiger partial charge in [0.15, 0.2) is 9.34 Å². The van der Waals surface area contributed by atoms with Gasteiger partial charge in [-0.2, -0.15) is 0 Å². The van der Waals surface area contributed by atoms with Crippen LogP contribution in [-0.2, 0) is 19.1 Å². The summed E-state index contributed by atoms with van der Waals surface area (Å²) in [7, 11) is -2.12. The average molecular weight is 317 g/mol. The van der Waals surface area contributed by atoms with Gasteiger partial charge in [0.05, 0.1) is 10.9 Å². The van der Waals surface area contributed by atoms with Crippen molar-refractivity contribution in [2.24, 2.45) is 0 Å². The molecule has 17 heavy (non-hydrogen) atoms. The first-order chi connectivity index (χ1) is 7.70. The molecule has 1 fully saturated rings. The average Bonchev–Trinajstić information content (AvgIpc) is 2.90. The van der Waals surface area contributed by atoms with Gasteiger partial charge in [-0.3, -0.25) is 4.72 Å². The van der Waals surface area contributed by atoms with Gasteiger partial charge in [0.25, 0.3) is 9.05 Å². The molecule has 1 aromatic heterocycles. The van der Waals surface area contributed by atoms with Crippen LogP contribution < -0.4 is 4.72 Å². The van der Waals surface area contributed by atoms with Crippen molar-refractivity contribution in [3.63, 3.8) is 0 Å². The quantitative estimate of drug-likeness (QED) is 0.845. The van der Waals surface area contributed by atoms with E-state index in [1.165, 1.54) is 6.92 Å². The van der Waals surface area contributed by atoms with Crippen molar-refractivity contribution in [3.8, 4) is 0 Å². The molecule has 0 atom stereocenters. The number of halogens is 1. The number of hydrogen-bond donors (Lipinski definition) is 1. The fourth-order valence-corrected chi connectivity index (χ4v) is 5.17. The number of nitrogens with zero attached hydrogens (tertiary/aromatic N) is 1. The predicted octanol–water partition coefficient (Wildman–Crippen LogP) is 1.28. The van der Waals surface area contributed by atoms with Gasteiger partial charge in [-0.15, -0.1) is 0 Å². The monoisotopic (exact) mass is 316 g/mol. The Morgan fingerprint density at radius 2 is 1.94 bits per heavy atom. The van der Waals surface area contributed by atoms with Crippen LogP contribution in [0, 0.1) is 6.92 Å². The van der Waals surface area contributed by atoms with Crippen LogP contribution in [0.2, 0.25) is 0 Å². The number of nitrogens with one attached hydrogen (secondary N) is 1. The third-order valence-electron chi connectivity index (χ3n) is 2.17. The highest BCUT2D eigenvalue weighted by atomic mass is 35.7. The fraction of sp³-hybridized carbons (Fsp3) is 0.571. The van der Waals surface area contributed by atoms with E-state index in [2.05, 4.69) is 9.71 Å². The lowest BCUT2D eigenvalue weighted by atomic mass is 10.6. The molecule has 0 unspecified atom stereocenters. The van der Waals surface area contributed by atoms with E-state index in [0.29, 0.717) is 12.8 Å². The molecule has 10 heteroatoms. The molecule has 1 N–H and O–H groups in total. The van der Waals surface area contributed by atoms with Crippen molar-refractivity contribution < 1.29 is 16.8 Å². The Morgan fingerprint density at radius 1 is 1.35 bits per heavy atom. The number of hydrogen-bond acceptors (Lipinski definition) is 6. The Hall–Kier alpha value is -0.380. The molecule has 1 aliphatic rings. The van der Waals surface area contributed by atoms with E-state index >= 15 is 0 Å². The van der Waals surface area contributed by atoms with Gasteiger partial charge in [0.1, 0.15) is 0 Å². The first kappa shape index (κ1) is 13.1. The number of anilines is 1. The first-order valence-electron chi connectivity index (χ1n) is 4.64. The summed E-state index contributed by atoms with van der Waals surface area (Å²) in [4.78, 5) is 3.84. The van der Waals surface area contributed by atoms with Gasteiger partial charge >= 0.3 is 0 Å². The van der Waals surface area contributed by atoms with Crippen LogP contribution in [0.3, 0.4) is 0 Å². The molecule has 0 bridgehead atoms. The molecule has 0 radical (unpaired) electrons. The molecule has 0 aliphatic heterocycles. The Balaban J connectivity index is 2.30. The van der Waals surface area contributed by atoms with Gasteiger partial charge in [-0.25, -0.2) is 21.8 Å². The van der Waals surface area contributed by atoms with E-state index in [0.717, 1.165) is 11.3 Å². The van der Waals surface area contributed by atoms with Crippen molar-refractivity contribution in [1.82, 2.24) is 4.98 Å². The Labute approximate surface area is 107 Å². The molecule has 2 rings (SSSR count). The summed E-state index contributed by atoms with van der Waals surface area (Å²) in [5.41, 5.74) is 0.193. The first-order valence-corrected chi connectivity index (χ1v) is 9.31. The van der Waals surface area contributed by atoms with Gasteiger partial charge in [-0.05, 0) is 19.8 Å². The number of aromatic nitrogens is 1. The standard InChI is InChI=1S/C7H9ClN2O4S3/c1-4-6(16(8,11)12)15-7(9-4)10-17(13,14)5-2-3-5/h5H,2-3H2,1H3,(H,9,10). The highest BCUT2D eigenvalue weighted by Crippen LogP contribution is 2.33. The second-order valence-electron chi connectivity index (χ2n) is 3.68. The highest BCUT2D eigenvalue weighted by molar-refractivity contribution is 8.15. The molecule has 1 aromatic rings. The minimum atomic E-state index is -3.88. The normalized spacial score (nSPS) is 17.1. The number of rotatable bonds is 4. The van der Waals surface area contributed by atoms with Crippen LogP contribution in [-0.4, -0.2) is 27.1 Å². The SMILES string of the molecule is Cc1nc(NS(=O)(=O)C2CC2)sc1S(=O)(=O)Cl. The summed E-state index contributed by atoms with van der Waals surface area (Å²) in [5, 5.41) is -0.351. The van der Waals surface area contributed by atoms with E-state index < -0.39 is 19.1 Å². The molecule has 0 amide bonds. The zero-order chi connectivity index (χ0) is 12.8. The molecule has 1 aliphatic carbocycles. The van der Waals surface area contributed by atoms with E-state index in [1.807, 2.05) is 0 Å². The minimum Gasteiger partial charge on any atom is -0.258 e. The van der Waals surface area contributed by atoms with Gasteiger partial charge in [-0.1, -0.05) is 11.3 Å². The summed E-state index contributed by atoms with van der Waals surface area (Å²) in [6, 6.07) is 0. The fourth-order valence-electron chi connectivity index (χ4n) is 1.24. The van der Waals surface area contributed by atoms with Crippen molar-refractivity contribution in [2.75, 3.05) is 4.72 Å². The van der Waals surface area contributed by atoms with Crippen molar-refractivity contribution >= 4 is 46.2 Å². The third kappa shape index (κ3) is 2.90.